The standard InChI is InChI=1S/C24H15F5N6O/c25-18-7-14(3-4-15(18)12-31)16-9-23(26,27)21(24(28,29)10-16)36-20-8-19(32)34-22(35-20)33-17-5-1-13(11-30)2-6-17/h1-9,21H,10H2,(H3,32,33,34,35). The summed E-state index contributed by atoms with van der Waals surface area (Å²) < 4.78 is 78.6. The second-order valence-corrected chi connectivity index (χ2v) is 7.86. The Morgan fingerprint density at radius 2 is 1.72 bits per heavy atom. The maximum atomic E-state index is 14.9. The van der Waals surface area contributed by atoms with Crippen LogP contribution in [0.25, 0.3) is 5.57 Å². The molecule has 0 saturated heterocycles. The fourth-order valence-corrected chi connectivity index (χ4v) is 3.58. The van der Waals surface area contributed by atoms with Gasteiger partial charge < -0.3 is 15.8 Å². The van der Waals surface area contributed by atoms with E-state index >= 15 is 0 Å². The Morgan fingerprint density at radius 3 is 2.33 bits per heavy atom. The highest BCUT2D eigenvalue weighted by molar-refractivity contribution is 5.69. The Hall–Kier alpha value is -4.71. The largest absolute Gasteiger partial charge is 0.461 e. The monoisotopic (exact) mass is 498 g/mol. The summed E-state index contributed by atoms with van der Waals surface area (Å²) in [5.41, 5.74) is 5.43. The van der Waals surface area contributed by atoms with Gasteiger partial charge in [-0.3, -0.25) is 0 Å². The normalized spacial score (nSPS) is 17.9. The van der Waals surface area contributed by atoms with Crippen LogP contribution >= 0.6 is 0 Å². The minimum absolute atomic E-state index is 0.204. The lowest BCUT2D eigenvalue weighted by molar-refractivity contribution is -0.184. The van der Waals surface area contributed by atoms with Gasteiger partial charge in [-0.05, 0) is 53.6 Å². The lowest BCUT2D eigenvalue weighted by Crippen LogP contribution is -2.53. The van der Waals surface area contributed by atoms with Crippen molar-refractivity contribution in [1.29, 1.82) is 10.5 Å². The summed E-state index contributed by atoms with van der Waals surface area (Å²) >= 11 is 0. The van der Waals surface area contributed by atoms with Crippen LogP contribution in [0.15, 0.2) is 54.6 Å². The highest BCUT2D eigenvalue weighted by Crippen LogP contribution is 2.46. The number of nitrogen functional groups attached to an aromatic ring is 1. The minimum Gasteiger partial charge on any atom is -0.461 e. The summed E-state index contributed by atoms with van der Waals surface area (Å²) in [7, 11) is 0. The molecule has 0 fully saturated rings. The number of nitrogens with two attached hydrogens (primary N) is 1. The van der Waals surface area contributed by atoms with Crippen molar-refractivity contribution in [3.63, 3.8) is 0 Å². The molecule has 0 radical (unpaired) electrons. The van der Waals surface area contributed by atoms with E-state index in [9.17, 15) is 22.0 Å². The third kappa shape index (κ3) is 5.03. The molecule has 3 N–H and O–H groups in total. The van der Waals surface area contributed by atoms with E-state index in [1.54, 1.807) is 6.07 Å². The number of anilines is 3. The van der Waals surface area contributed by atoms with Crippen LogP contribution in [-0.4, -0.2) is 27.9 Å². The summed E-state index contributed by atoms with van der Waals surface area (Å²) in [4.78, 5) is 7.72. The second-order valence-electron chi connectivity index (χ2n) is 7.86. The van der Waals surface area contributed by atoms with Crippen molar-refractivity contribution in [3.8, 4) is 18.0 Å². The van der Waals surface area contributed by atoms with Crippen LogP contribution in [-0.2, 0) is 0 Å². The lowest BCUT2D eigenvalue weighted by Gasteiger charge is -2.36. The maximum Gasteiger partial charge on any atom is 0.309 e. The SMILES string of the molecule is N#Cc1ccc(Nc2nc(N)cc(OC3C(F)(F)C=C(c4ccc(C#N)c(F)c4)CC3(F)F)n2)cc1. The fourth-order valence-electron chi connectivity index (χ4n) is 3.58. The molecule has 4 rings (SSSR count). The van der Waals surface area contributed by atoms with Gasteiger partial charge in [-0.25, -0.2) is 13.2 Å². The molecule has 1 aliphatic carbocycles. The summed E-state index contributed by atoms with van der Waals surface area (Å²) in [6.45, 7) is 0. The zero-order chi connectivity index (χ0) is 26.1. The van der Waals surface area contributed by atoms with E-state index in [2.05, 4.69) is 15.3 Å². The summed E-state index contributed by atoms with van der Waals surface area (Å²) in [6, 6.07) is 13.4. The minimum atomic E-state index is -4.18. The quantitative estimate of drug-likeness (QED) is 0.465. The van der Waals surface area contributed by atoms with Crippen molar-refractivity contribution in [2.24, 2.45) is 0 Å². The van der Waals surface area contributed by atoms with Gasteiger partial charge in [0.05, 0.1) is 17.2 Å². The van der Waals surface area contributed by atoms with Gasteiger partial charge in [0.15, 0.2) is 0 Å². The number of aromatic nitrogens is 2. The van der Waals surface area contributed by atoms with Gasteiger partial charge in [-0.1, -0.05) is 6.07 Å². The van der Waals surface area contributed by atoms with Gasteiger partial charge in [0, 0.05) is 18.2 Å². The van der Waals surface area contributed by atoms with Crippen molar-refractivity contribution >= 4 is 23.0 Å². The predicted molar refractivity (Wildman–Crippen MR) is 119 cm³/mol. The molecule has 2 aromatic carbocycles. The van der Waals surface area contributed by atoms with Crippen molar-refractivity contribution < 1.29 is 26.7 Å². The summed E-state index contributed by atoms with van der Waals surface area (Å²) in [6.07, 6.45) is -3.82. The highest BCUT2D eigenvalue weighted by atomic mass is 19.3. The van der Waals surface area contributed by atoms with E-state index in [0.717, 1.165) is 24.3 Å². The molecule has 182 valence electrons. The topological polar surface area (TPSA) is 121 Å². The number of rotatable bonds is 5. The van der Waals surface area contributed by atoms with Crippen molar-refractivity contribution in [2.45, 2.75) is 24.4 Å². The molecule has 0 amide bonds. The Morgan fingerprint density at radius 1 is 1.00 bits per heavy atom. The van der Waals surface area contributed by atoms with Crippen LogP contribution in [0.1, 0.15) is 23.1 Å². The second kappa shape index (κ2) is 9.15. The van der Waals surface area contributed by atoms with Crippen LogP contribution in [0.2, 0.25) is 0 Å². The smallest absolute Gasteiger partial charge is 0.309 e. The number of nitrogens with one attached hydrogen (secondary N) is 1. The van der Waals surface area contributed by atoms with Gasteiger partial charge in [0.1, 0.15) is 17.7 Å². The van der Waals surface area contributed by atoms with Crippen molar-refractivity contribution in [1.82, 2.24) is 9.97 Å². The average Bonchev–Trinajstić information content (AvgIpc) is 2.81. The Balaban J connectivity index is 1.61. The molecule has 1 atom stereocenters. The Bertz CT molecular complexity index is 1430. The Labute approximate surface area is 201 Å². The van der Waals surface area contributed by atoms with Gasteiger partial charge in [-0.2, -0.15) is 29.3 Å². The van der Waals surface area contributed by atoms with E-state index in [1.165, 1.54) is 24.3 Å². The number of nitriles is 2. The summed E-state index contributed by atoms with van der Waals surface area (Å²) in [5, 5.41) is 20.4. The number of halogens is 5. The molecule has 0 aliphatic heterocycles. The van der Waals surface area contributed by atoms with Crippen molar-refractivity contribution in [3.05, 3.63) is 77.1 Å². The molecule has 12 heteroatoms. The van der Waals surface area contributed by atoms with E-state index in [1.807, 2.05) is 6.07 Å². The molecule has 3 aromatic rings. The number of benzene rings is 2. The van der Waals surface area contributed by atoms with Gasteiger partial charge >= 0.3 is 5.92 Å². The Kier molecular flexibility index (Phi) is 6.21. The number of hydrogen-bond donors (Lipinski definition) is 2. The van der Waals surface area contributed by atoms with Crippen LogP contribution in [0.3, 0.4) is 0 Å². The molecule has 0 spiro atoms. The maximum absolute atomic E-state index is 14.9. The van der Waals surface area contributed by atoms with Gasteiger partial charge in [0.25, 0.3) is 5.92 Å². The first kappa shape index (κ1) is 24.4. The molecule has 1 aromatic heterocycles. The zero-order valence-corrected chi connectivity index (χ0v) is 18.1. The van der Waals surface area contributed by atoms with Crippen LogP contribution in [0.5, 0.6) is 5.88 Å². The van der Waals surface area contributed by atoms with E-state index in [0.29, 0.717) is 11.3 Å². The first-order valence-electron chi connectivity index (χ1n) is 10.3. The first-order chi connectivity index (χ1) is 17.0. The van der Waals surface area contributed by atoms with Crippen LogP contribution in [0, 0.1) is 28.5 Å². The average molecular weight is 498 g/mol. The van der Waals surface area contributed by atoms with Crippen LogP contribution < -0.4 is 15.8 Å². The number of ether oxygens (including phenoxy) is 1. The molecular formula is C24H15F5N6O. The molecule has 1 aliphatic rings. The molecule has 36 heavy (non-hydrogen) atoms. The van der Waals surface area contributed by atoms with Gasteiger partial charge in [-0.15, -0.1) is 0 Å². The summed E-state index contributed by atoms with van der Waals surface area (Å²) in [5.74, 6) is -10.3. The number of allylic oxidation sites excluding steroid dienone is 1. The molecule has 7 nitrogen and oxygen atoms in total. The fraction of sp³-hybridized carbons (Fsp3) is 0.167. The third-order valence-corrected chi connectivity index (χ3v) is 5.22. The number of nitrogens with zero attached hydrogens (tertiary/aromatic N) is 4. The highest BCUT2D eigenvalue weighted by Gasteiger charge is 2.59. The first-order valence-corrected chi connectivity index (χ1v) is 10.3. The molecular weight excluding hydrogens is 483 g/mol. The molecule has 0 saturated carbocycles. The van der Waals surface area contributed by atoms with Crippen LogP contribution in [0.4, 0.5) is 39.4 Å². The van der Waals surface area contributed by atoms with Crippen molar-refractivity contribution in [2.75, 3.05) is 11.1 Å². The molecule has 0 bridgehead atoms. The zero-order valence-electron chi connectivity index (χ0n) is 18.1. The van der Waals surface area contributed by atoms with E-state index in [4.69, 9.17) is 21.0 Å². The molecule has 1 heterocycles. The molecule has 1 unspecified atom stereocenters. The third-order valence-electron chi connectivity index (χ3n) is 5.22. The number of hydrogen-bond acceptors (Lipinski definition) is 7. The van der Waals surface area contributed by atoms with Gasteiger partial charge in [0.2, 0.25) is 17.9 Å². The van der Waals surface area contributed by atoms with E-state index < -0.39 is 41.6 Å². The number of alkyl halides is 4. The van der Waals surface area contributed by atoms with E-state index in [-0.39, 0.29) is 29.0 Å². The predicted octanol–water partition coefficient (Wildman–Crippen LogP) is 5.19. The lowest BCUT2D eigenvalue weighted by atomic mass is 9.86.